The van der Waals surface area contributed by atoms with Gasteiger partial charge in [-0.1, -0.05) is 26.7 Å². The fourth-order valence-corrected chi connectivity index (χ4v) is 1.65. The molecular formula is C11H19ClO2. The van der Waals surface area contributed by atoms with Crippen molar-refractivity contribution in [1.29, 1.82) is 0 Å². The molecule has 0 aliphatic heterocycles. The van der Waals surface area contributed by atoms with E-state index in [1.807, 2.05) is 6.92 Å². The molecule has 14 heavy (non-hydrogen) atoms. The van der Waals surface area contributed by atoms with Gasteiger partial charge in [-0.05, 0) is 30.9 Å². The van der Waals surface area contributed by atoms with E-state index in [4.69, 9.17) is 11.6 Å². The largest absolute Gasteiger partial charge is 0.303 e. The van der Waals surface area contributed by atoms with E-state index in [1.54, 1.807) is 0 Å². The molecule has 0 aliphatic carbocycles. The number of hydrogen-bond donors (Lipinski definition) is 0. The molecule has 0 saturated heterocycles. The summed E-state index contributed by atoms with van der Waals surface area (Å²) in [6, 6.07) is 0. The van der Waals surface area contributed by atoms with Crippen molar-refractivity contribution in [3.8, 4) is 0 Å². The number of halogens is 1. The fraction of sp³-hybridized carbons (Fsp3) is 0.818. The summed E-state index contributed by atoms with van der Waals surface area (Å²) in [4.78, 5) is 21.7. The quantitative estimate of drug-likeness (QED) is 0.463. The van der Waals surface area contributed by atoms with Gasteiger partial charge < -0.3 is 4.79 Å². The number of carbonyl (C=O) groups excluding carboxylic acids is 2. The first kappa shape index (κ1) is 13.6. The Hall–Kier alpha value is -0.370. The zero-order chi connectivity index (χ0) is 11.0. The maximum absolute atomic E-state index is 11.0. The van der Waals surface area contributed by atoms with Crippen LogP contribution in [0, 0.1) is 5.41 Å². The molecule has 0 fully saturated rings. The summed E-state index contributed by atoms with van der Waals surface area (Å²) in [5.74, 6) is 0. The van der Waals surface area contributed by atoms with E-state index in [-0.39, 0.29) is 10.7 Å². The van der Waals surface area contributed by atoms with Gasteiger partial charge in [-0.3, -0.25) is 4.79 Å². The highest BCUT2D eigenvalue weighted by molar-refractivity contribution is 6.63. The van der Waals surface area contributed by atoms with Crippen LogP contribution in [0.3, 0.4) is 0 Å². The summed E-state index contributed by atoms with van der Waals surface area (Å²) in [6.45, 7) is 4.08. The topological polar surface area (TPSA) is 34.1 Å². The Morgan fingerprint density at radius 2 is 2.00 bits per heavy atom. The first-order chi connectivity index (χ1) is 6.60. The van der Waals surface area contributed by atoms with E-state index < -0.39 is 0 Å². The highest BCUT2D eigenvalue weighted by Crippen LogP contribution is 2.32. The van der Waals surface area contributed by atoms with Gasteiger partial charge in [-0.15, -0.1) is 0 Å². The molecule has 0 heterocycles. The number of aldehydes is 1. The van der Waals surface area contributed by atoms with E-state index in [9.17, 15) is 9.59 Å². The van der Waals surface area contributed by atoms with Crippen LogP contribution in [0.5, 0.6) is 0 Å². The van der Waals surface area contributed by atoms with Gasteiger partial charge in [0.05, 0.1) is 0 Å². The van der Waals surface area contributed by atoms with Gasteiger partial charge in [-0.25, -0.2) is 0 Å². The molecule has 3 heteroatoms. The van der Waals surface area contributed by atoms with Crippen LogP contribution in [0.25, 0.3) is 0 Å². The second kappa shape index (κ2) is 6.99. The Bertz CT molecular complexity index is 192. The van der Waals surface area contributed by atoms with Crippen LogP contribution >= 0.6 is 11.6 Å². The second-order valence-corrected chi connectivity index (χ2v) is 4.21. The lowest BCUT2D eigenvalue weighted by atomic mass is 9.78. The summed E-state index contributed by atoms with van der Waals surface area (Å²) < 4.78 is 0. The molecule has 1 atom stereocenters. The van der Waals surface area contributed by atoms with Crippen molar-refractivity contribution in [2.45, 2.75) is 52.4 Å². The first-order valence-electron chi connectivity index (χ1n) is 5.25. The molecule has 1 unspecified atom stereocenters. The standard InChI is InChI=1S/C11H19ClO2/c1-3-5-7-11(4-2,9-13)8-6-10(12)14/h9H,3-8H2,1-2H3. The minimum absolute atomic E-state index is 0.303. The van der Waals surface area contributed by atoms with Crippen LogP contribution in [0.15, 0.2) is 0 Å². The van der Waals surface area contributed by atoms with Crippen molar-refractivity contribution in [3.05, 3.63) is 0 Å². The van der Waals surface area contributed by atoms with E-state index >= 15 is 0 Å². The SMILES string of the molecule is CCCCC(C=O)(CC)CCC(=O)Cl. The Kier molecular flexibility index (Phi) is 6.81. The van der Waals surface area contributed by atoms with Gasteiger partial charge in [0.15, 0.2) is 0 Å². The zero-order valence-electron chi connectivity index (χ0n) is 9.01. The molecule has 82 valence electrons. The lowest BCUT2D eigenvalue weighted by Crippen LogP contribution is -2.22. The summed E-state index contributed by atoms with van der Waals surface area (Å²) in [7, 11) is 0. The van der Waals surface area contributed by atoms with Gasteiger partial charge >= 0.3 is 0 Å². The Labute approximate surface area is 91.0 Å². The molecule has 0 aromatic rings. The van der Waals surface area contributed by atoms with Crippen LogP contribution in [-0.2, 0) is 9.59 Å². The van der Waals surface area contributed by atoms with Crippen LogP contribution in [0.2, 0.25) is 0 Å². The van der Waals surface area contributed by atoms with E-state index in [0.29, 0.717) is 12.8 Å². The molecular weight excluding hydrogens is 200 g/mol. The molecule has 0 saturated carbocycles. The Morgan fingerprint density at radius 1 is 1.36 bits per heavy atom. The molecule has 0 N–H and O–H groups in total. The molecule has 0 spiro atoms. The Morgan fingerprint density at radius 3 is 2.36 bits per heavy atom. The van der Waals surface area contributed by atoms with Gasteiger partial charge in [0.2, 0.25) is 5.24 Å². The third kappa shape index (κ3) is 4.75. The molecule has 2 nitrogen and oxygen atoms in total. The molecule has 0 aromatic heterocycles. The third-order valence-corrected chi connectivity index (χ3v) is 2.99. The predicted molar refractivity (Wildman–Crippen MR) is 58.4 cm³/mol. The van der Waals surface area contributed by atoms with Crippen molar-refractivity contribution in [1.82, 2.24) is 0 Å². The minimum Gasteiger partial charge on any atom is -0.303 e. The zero-order valence-corrected chi connectivity index (χ0v) is 9.77. The third-order valence-electron chi connectivity index (χ3n) is 2.80. The molecule has 0 rings (SSSR count). The maximum Gasteiger partial charge on any atom is 0.221 e. The smallest absolute Gasteiger partial charge is 0.221 e. The van der Waals surface area contributed by atoms with Crippen molar-refractivity contribution in [2.24, 2.45) is 5.41 Å². The van der Waals surface area contributed by atoms with Crippen LogP contribution in [-0.4, -0.2) is 11.5 Å². The Balaban J connectivity index is 4.21. The maximum atomic E-state index is 11.0. The average Bonchev–Trinajstić information content (AvgIpc) is 2.19. The molecule has 0 bridgehead atoms. The van der Waals surface area contributed by atoms with E-state index in [1.165, 1.54) is 0 Å². The van der Waals surface area contributed by atoms with Crippen LogP contribution < -0.4 is 0 Å². The number of carbonyl (C=O) groups is 2. The molecule has 0 radical (unpaired) electrons. The highest BCUT2D eigenvalue weighted by atomic mass is 35.5. The summed E-state index contributed by atoms with van der Waals surface area (Å²) in [6.07, 6.45) is 5.66. The van der Waals surface area contributed by atoms with Crippen molar-refractivity contribution >= 4 is 23.1 Å². The highest BCUT2D eigenvalue weighted by Gasteiger charge is 2.27. The van der Waals surface area contributed by atoms with Crippen LogP contribution in [0.1, 0.15) is 52.4 Å². The first-order valence-corrected chi connectivity index (χ1v) is 5.62. The minimum atomic E-state index is -0.346. The second-order valence-electron chi connectivity index (χ2n) is 3.79. The number of unbranched alkanes of at least 4 members (excludes halogenated alkanes) is 1. The van der Waals surface area contributed by atoms with Crippen molar-refractivity contribution in [3.63, 3.8) is 0 Å². The summed E-state index contributed by atoms with van der Waals surface area (Å²) >= 11 is 5.28. The number of hydrogen-bond acceptors (Lipinski definition) is 2. The summed E-state index contributed by atoms with van der Waals surface area (Å²) in [5.41, 5.74) is -0.319. The lowest BCUT2D eigenvalue weighted by Gasteiger charge is -2.25. The fourth-order valence-electron chi connectivity index (χ4n) is 1.56. The van der Waals surface area contributed by atoms with E-state index in [0.717, 1.165) is 32.0 Å². The predicted octanol–water partition coefficient (Wildman–Crippen LogP) is 3.32. The van der Waals surface area contributed by atoms with Gasteiger partial charge in [-0.2, -0.15) is 0 Å². The monoisotopic (exact) mass is 218 g/mol. The van der Waals surface area contributed by atoms with Crippen molar-refractivity contribution < 1.29 is 9.59 Å². The summed E-state index contributed by atoms with van der Waals surface area (Å²) in [5, 5.41) is -0.346. The van der Waals surface area contributed by atoms with Crippen molar-refractivity contribution in [2.75, 3.05) is 0 Å². The van der Waals surface area contributed by atoms with E-state index in [2.05, 4.69) is 6.92 Å². The molecule has 0 aliphatic rings. The lowest BCUT2D eigenvalue weighted by molar-refractivity contribution is -0.118. The molecule has 0 amide bonds. The number of rotatable bonds is 8. The van der Waals surface area contributed by atoms with Crippen LogP contribution in [0.4, 0.5) is 0 Å². The average molecular weight is 219 g/mol. The normalized spacial score (nSPS) is 14.8. The van der Waals surface area contributed by atoms with Gasteiger partial charge in [0.25, 0.3) is 0 Å². The molecule has 0 aromatic carbocycles. The van der Waals surface area contributed by atoms with Gasteiger partial charge in [0, 0.05) is 11.8 Å². The van der Waals surface area contributed by atoms with Gasteiger partial charge in [0.1, 0.15) is 6.29 Å².